The van der Waals surface area contributed by atoms with Crippen LogP contribution >= 0.6 is 0 Å². The molecule has 5 heteroatoms. The van der Waals surface area contributed by atoms with Gasteiger partial charge < -0.3 is 10.6 Å². The predicted molar refractivity (Wildman–Crippen MR) is 77.1 cm³/mol. The Labute approximate surface area is 113 Å². The number of aryl methyl sites for hydroxylation is 1. The summed E-state index contributed by atoms with van der Waals surface area (Å²) >= 11 is 0. The molecule has 2 aromatic rings. The molecule has 19 heavy (non-hydrogen) atoms. The molecule has 0 aromatic carbocycles. The first-order valence-corrected chi connectivity index (χ1v) is 6.50. The third-order valence-electron chi connectivity index (χ3n) is 2.79. The molecule has 2 aromatic heterocycles. The Balaban J connectivity index is 1.98. The molecule has 0 atom stereocenters. The van der Waals surface area contributed by atoms with Gasteiger partial charge >= 0.3 is 0 Å². The lowest BCUT2D eigenvalue weighted by Gasteiger charge is -2.09. The van der Waals surface area contributed by atoms with Gasteiger partial charge in [-0.2, -0.15) is 4.98 Å². The van der Waals surface area contributed by atoms with Crippen molar-refractivity contribution < 1.29 is 0 Å². The molecule has 0 radical (unpaired) electrons. The average molecular weight is 257 g/mol. The highest BCUT2D eigenvalue weighted by atomic mass is 15.1. The fourth-order valence-electron chi connectivity index (χ4n) is 1.67. The van der Waals surface area contributed by atoms with Crippen molar-refractivity contribution in [3.63, 3.8) is 0 Å². The number of nitrogens with one attached hydrogen (secondary N) is 2. The summed E-state index contributed by atoms with van der Waals surface area (Å²) in [7, 11) is 0. The van der Waals surface area contributed by atoms with Gasteiger partial charge in [0.15, 0.2) is 0 Å². The molecule has 0 unspecified atom stereocenters. The normalized spacial score (nSPS) is 10.2. The van der Waals surface area contributed by atoms with Gasteiger partial charge in [-0.05, 0) is 36.6 Å². The van der Waals surface area contributed by atoms with Crippen molar-refractivity contribution in [2.45, 2.75) is 26.8 Å². The van der Waals surface area contributed by atoms with Gasteiger partial charge in [-0.15, -0.1) is 0 Å². The minimum Gasteiger partial charge on any atom is -0.366 e. The third-order valence-corrected chi connectivity index (χ3v) is 2.79. The van der Waals surface area contributed by atoms with Crippen LogP contribution in [0.5, 0.6) is 0 Å². The Kier molecular flexibility index (Phi) is 4.66. The standard InChI is InChI=1S/C14H19N5/c1-3-6-16-14-17-8-5-13(19-14)18-10-12-4-7-15-9-11(12)2/h4-5,7-9H,3,6,10H2,1-2H3,(H2,16,17,18,19). The summed E-state index contributed by atoms with van der Waals surface area (Å²) in [6.45, 7) is 5.78. The summed E-state index contributed by atoms with van der Waals surface area (Å²) < 4.78 is 0. The molecule has 2 heterocycles. The first kappa shape index (κ1) is 13.3. The molecule has 5 nitrogen and oxygen atoms in total. The molecule has 0 spiro atoms. The first-order chi connectivity index (χ1) is 9.29. The minimum absolute atomic E-state index is 0.665. The Morgan fingerprint density at radius 2 is 2.05 bits per heavy atom. The van der Waals surface area contributed by atoms with Gasteiger partial charge in [0.2, 0.25) is 5.95 Å². The van der Waals surface area contributed by atoms with Gasteiger partial charge in [-0.3, -0.25) is 4.98 Å². The highest BCUT2D eigenvalue weighted by molar-refractivity contribution is 5.40. The second kappa shape index (κ2) is 6.68. The maximum absolute atomic E-state index is 4.41. The molecular formula is C14H19N5. The van der Waals surface area contributed by atoms with Gasteiger partial charge in [0.25, 0.3) is 0 Å². The summed E-state index contributed by atoms with van der Waals surface area (Å²) in [5, 5.41) is 6.47. The number of aromatic nitrogens is 3. The Morgan fingerprint density at radius 3 is 2.84 bits per heavy atom. The zero-order valence-corrected chi connectivity index (χ0v) is 11.3. The molecule has 0 saturated heterocycles. The number of hydrogen-bond acceptors (Lipinski definition) is 5. The Morgan fingerprint density at radius 1 is 1.16 bits per heavy atom. The maximum atomic E-state index is 4.41. The smallest absolute Gasteiger partial charge is 0.224 e. The largest absolute Gasteiger partial charge is 0.366 e. The molecule has 0 aliphatic carbocycles. The van der Waals surface area contributed by atoms with E-state index in [-0.39, 0.29) is 0 Å². The van der Waals surface area contributed by atoms with E-state index in [2.05, 4.69) is 39.4 Å². The van der Waals surface area contributed by atoms with E-state index < -0.39 is 0 Å². The fraction of sp³-hybridized carbons (Fsp3) is 0.357. The zero-order valence-electron chi connectivity index (χ0n) is 11.3. The third kappa shape index (κ3) is 3.91. The molecule has 0 saturated carbocycles. The number of pyridine rings is 1. The van der Waals surface area contributed by atoms with Crippen LogP contribution < -0.4 is 10.6 Å². The van der Waals surface area contributed by atoms with Gasteiger partial charge in [0.1, 0.15) is 5.82 Å². The molecule has 2 rings (SSSR count). The molecule has 0 bridgehead atoms. The van der Waals surface area contributed by atoms with E-state index >= 15 is 0 Å². The highest BCUT2D eigenvalue weighted by Crippen LogP contribution is 2.10. The van der Waals surface area contributed by atoms with Crippen molar-refractivity contribution in [2.24, 2.45) is 0 Å². The van der Waals surface area contributed by atoms with E-state index in [0.29, 0.717) is 5.95 Å². The molecule has 0 aliphatic rings. The summed E-state index contributed by atoms with van der Waals surface area (Å²) in [6.07, 6.45) is 6.48. The lowest BCUT2D eigenvalue weighted by Crippen LogP contribution is -2.07. The van der Waals surface area contributed by atoms with Crippen LogP contribution in [-0.4, -0.2) is 21.5 Å². The van der Waals surface area contributed by atoms with Crippen molar-refractivity contribution in [2.75, 3.05) is 17.2 Å². The van der Waals surface area contributed by atoms with Crippen LogP contribution in [0.4, 0.5) is 11.8 Å². The molecule has 2 N–H and O–H groups in total. The van der Waals surface area contributed by atoms with Crippen LogP contribution in [0.1, 0.15) is 24.5 Å². The van der Waals surface area contributed by atoms with Crippen molar-refractivity contribution in [3.8, 4) is 0 Å². The van der Waals surface area contributed by atoms with Crippen LogP contribution in [0, 0.1) is 6.92 Å². The van der Waals surface area contributed by atoms with E-state index in [1.54, 1.807) is 12.4 Å². The summed E-state index contributed by atoms with van der Waals surface area (Å²) in [6, 6.07) is 3.88. The number of anilines is 2. The van der Waals surface area contributed by atoms with E-state index in [4.69, 9.17) is 0 Å². The molecule has 100 valence electrons. The van der Waals surface area contributed by atoms with Crippen LogP contribution in [0.2, 0.25) is 0 Å². The van der Waals surface area contributed by atoms with Gasteiger partial charge in [-0.1, -0.05) is 6.92 Å². The topological polar surface area (TPSA) is 62.7 Å². The van der Waals surface area contributed by atoms with E-state index in [9.17, 15) is 0 Å². The first-order valence-electron chi connectivity index (χ1n) is 6.50. The summed E-state index contributed by atoms with van der Waals surface area (Å²) in [5.74, 6) is 1.49. The van der Waals surface area contributed by atoms with E-state index in [1.165, 1.54) is 11.1 Å². The van der Waals surface area contributed by atoms with Crippen molar-refractivity contribution >= 4 is 11.8 Å². The number of nitrogens with zero attached hydrogens (tertiary/aromatic N) is 3. The SMILES string of the molecule is CCCNc1nccc(NCc2ccncc2C)n1. The van der Waals surface area contributed by atoms with Crippen LogP contribution in [0.3, 0.4) is 0 Å². The lowest BCUT2D eigenvalue weighted by atomic mass is 10.1. The molecule has 0 fully saturated rings. The second-order valence-corrected chi connectivity index (χ2v) is 4.35. The van der Waals surface area contributed by atoms with Crippen LogP contribution in [0.25, 0.3) is 0 Å². The molecular weight excluding hydrogens is 238 g/mol. The predicted octanol–water partition coefficient (Wildman–Crippen LogP) is 2.61. The minimum atomic E-state index is 0.665. The monoisotopic (exact) mass is 257 g/mol. The van der Waals surface area contributed by atoms with Crippen molar-refractivity contribution in [1.82, 2.24) is 15.0 Å². The average Bonchev–Trinajstić information content (AvgIpc) is 2.45. The van der Waals surface area contributed by atoms with E-state index in [1.807, 2.05) is 18.3 Å². The van der Waals surface area contributed by atoms with Gasteiger partial charge in [-0.25, -0.2) is 4.98 Å². The van der Waals surface area contributed by atoms with E-state index in [0.717, 1.165) is 25.3 Å². The number of hydrogen-bond donors (Lipinski definition) is 2. The van der Waals surface area contributed by atoms with Crippen LogP contribution in [-0.2, 0) is 6.54 Å². The van der Waals surface area contributed by atoms with Gasteiger partial charge in [0.05, 0.1) is 0 Å². The number of rotatable bonds is 6. The zero-order chi connectivity index (χ0) is 13.5. The van der Waals surface area contributed by atoms with Gasteiger partial charge in [0, 0.05) is 31.7 Å². The quantitative estimate of drug-likeness (QED) is 0.833. The molecule has 0 aliphatic heterocycles. The Bertz CT molecular complexity index is 527. The molecule has 0 amide bonds. The highest BCUT2D eigenvalue weighted by Gasteiger charge is 2.00. The summed E-state index contributed by atoms with van der Waals surface area (Å²) in [5.41, 5.74) is 2.39. The maximum Gasteiger partial charge on any atom is 0.224 e. The van der Waals surface area contributed by atoms with Crippen molar-refractivity contribution in [1.29, 1.82) is 0 Å². The Hall–Kier alpha value is -2.17. The summed E-state index contributed by atoms with van der Waals surface area (Å²) in [4.78, 5) is 12.7. The lowest BCUT2D eigenvalue weighted by molar-refractivity contribution is 0.949. The fourth-order valence-corrected chi connectivity index (χ4v) is 1.67. The van der Waals surface area contributed by atoms with Crippen molar-refractivity contribution in [3.05, 3.63) is 41.9 Å². The second-order valence-electron chi connectivity index (χ2n) is 4.35. The van der Waals surface area contributed by atoms with Crippen LogP contribution in [0.15, 0.2) is 30.7 Å².